The summed E-state index contributed by atoms with van der Waals surface area (Å²) in [5.74, 6) is -2.41. The van der Waals surface area contributed by atoms with Crippen molar-refractivity contribution in [2.24, 2.45) is 0 Å². The van der Waals surface area contributed by atoms with Gasteiger partial charge in [-0.2, -0.15) is 8.78 Å². The first-order chi connectivity index (χ1) is 13.5. The highest BCUT2D eigenvalue weighted by molar-refractivity contribution is 7.99. The van der Waals surface area contributed by atoms with Crippen LogP contribution in [0.4, 0.5) is 14.5 Å². The minimum atomic E-state index is -2.41. The maximum absolute atomic E-state index is 12.4. The van der Waals surface area contributed by atoms with Gasteiger partial charge in [0.1, 0.15) is 0 Å². The Bertz CT molecular complexity index is 732. The fraction of sp³-hybridized carbons (Fsp3) is 0.421. The molecule has 2 heterocycles. The van der Waals surface area contributed by atoms with Gasteiger partial charge >= 0.3 is 0 Å². The number of rotatable bonds is 7. The van der Waals surface area contributed by atoms with Crippen molar-refractivity contribution in [3.63, 3.8) is 0 Å². The molecule has 0 radical (unpaired) electrons. The summed E-state index contributed by atoms with van der Waals surface area (Å²) >= 11 is 7.74. The SMILES string of the molecule is CN1CCN(C(CNC(=S)Nc2ccc(SC(F)F)cc2)c2cccs2)CC1. The standard InChI is InChI=1S/C19H24F2N4S3/c1-24-8-10-25(11-9-24)16(17-3-2-12-27-17)13-22-19(26)23-14-4-6-15(7-5-14)28-18(20)21/h2-7,12,16,18H,8-11,13H2,1H3,(H2,22,23,26). The van der Waals surface area contributed by atoms with Gasteiger partial charge in [0.05, 0.1) is 6.04 Å². The van der Waals surface area contributed by atoms with Gasteiger partial charge in [0.15, 0.2) is 5.11 Å². The number of thiophene rings is 1. The van der Waals surface area contributed by atoms with E-state index >= 15 is 0 Å². The quantitative estimate of drug-likeness (QED) is 0.490. The van der Waals surface area contributed by atoms with Crippen LogP contribution >= 0.6 is 35.3 Å². The Labute approximate surface area is 178 Å². The molecule has 4 nitrogen and oxygen atoms in total. The van der Waals surface area contributed by atoms with Crippen molar-refractivity contribution in [2.75, 3.05) is 45.1 Å². The molecule has 1 atom stereocenters. The molecule has 0 aliphatic carbocycles. The number of hydrogen-bond acceptors (Lipinski definition) is 5. The molecule has 152 valence electrons. The van der Waals surface area contributed by atoms with Crippen molar-refractivity contribution in [1.29, 1.82) is 0 Å². The molecule has 1 saturated heterocycles. The minimum Gasteiger partial charge on any atom is -0.360 e. The van der Waals surface area contributed by atoms with Crippen LogP contribution in [0.3, 0.4) is 0 Å². The fourth-order valence-electron chi connectivity index (χ4n) is 3.11. The molecule has 1 aromatic heterocycles. The summed E-state index contributed by atoms with van der Waals surface area (Å²) in [5, 5.41) is 9.09. The molecular formula is C19H24F2N4S3. The van der Waals surface area contributed by atoms with Gasteiger partial charge in [0.2, 0.25) is 0 Å². The van der Waals surface area contributed by atoms with Gasteiger partial charge in [0, 0.05) is 48.2 Å². The van der Waals surface area contributed by atoms with E-state index < -0.39 is 5.76 Å². The topological polar surface area (TPSA) is 30.5 Å². The molecule has 9 heteroatoms. The van der Waals surface area contributed by atoms with Gasteiger partial charge < -0.3 is 15.5 Å². The van der Waals surface area contributed by atoms with E-state index in [4.69, 9.17) is 12.2 Å². The average molecular weight is 443 g/mol. The number of halogens is 2. The van der Waals surface area contributed by atoms with Gasteiger partial charge in [-0.1, -0.05) is 17.8 Å². The number of thioether (sulfide) groups is 1. The van der Waals surface area contributed by atoms with Crippen molar-refractivity contribution in [3.8, 4) is 0 Å². The highest BCUT2D eigenvalue weighted by Crippen LogP contribution is 2.27. The Morgan fingerprint density at radius 3 is 2.50 bits per heavy atom. The predicted octanol–water partition coefficient (Wildman–Crippen LogP) is 4.34. The predicted molar refractivity (Wildman–Crippen MR) is 119 cm³/mol. The summed E-state index contributed by atoms with van der Waals surface area (Å²) in [4.78, 5) is 6.70. The van der Waals surface area contributed by atoms with E-state index in [1.54, 1.807) is 35.6 Å². The van der Waals surface area contributed by atoms with Crippen molar-refractivity contribution in [2.45, 2.75) is 16.7 Å². The molecular weight excluding hydrogens is 418 g/mol. The van der Waals surface area contributed by atoms with Gasteiger partial charge in [0.25, 0.3) is 5.76 Å². The van der Waals surface area contributed by atoms with E-state index in [9.17, 15) is 8.78 Å². The summed E-state index contributed by atoms with van der Waals surface area (Å²) in [7, 11) is 2.15. The second-order valence-electron chi connectivity index (χ2n) is 6.61. The normalized spacial score (nSPS) is 16.9. The Hall–Kier alpha value is -1.26. The third-order valence-corrected chi connectivity index (χ3v) is 6.59. The summed E-state index contributed by atoms with van der Waals surface area (Å²) in [6.45, 7) is 4.91. The van der Waals surface area contributed by atoms with Crippen molar-refractivity contribution >= 4 is 46.1 Å². The zero-order valence-corrected chi connectivity index (χ0v) is 18.1. The molecule has 3 rings (SSSR count). The lowest BCUT2D eigenvalue weighted by atomic mass is 10.1. The molecule has 1 aromatic carbocycles. The monoisotopic (exact) mass is 442 g/mol. The highest BCUT2D eigenvalue weighted by Gasteiger charge is 2.24. The molecule has 2 N–H and O–H groups in total. The highest BCUT2D eigenvalue weighted by atomic mass is 32.2. The van der Waals surface area contributed by atoms with Crippen molar-refractivity contribution in [1.82, 2.24) is 15.1 Å². The largest absolute Gasteiger partial charge is 0.360 e. The maximum atomic E-state index is 12.4. The zero-order valence-electron chi connectivity index (χ0n) is 15.6. The van der Waals surface area contributed by atoms with Crippen LogP contribution in [0.25, 0.3) is 0 Å². The Balaban J connectivity index is 1.54. The number of nitrogens with one attached hydrogen (secondary N) is 2. The number of piperazine rings is 1. The van der Waals surface area contributed by atoms with Crippen LogP contribution in [0.1, 0.15) is 10.9 Å². The number of thiocarbonyl (C=S) groups is 1. The smallest absolute Gasteiger partial charge is 0.288 e. The van der Waals surface area contributed by atoms with E-state index in [-0.39, 0.29) is 6.04 Å². The van der Waals surface area contributed by atoms with Crippen LogP contribution in [-0.4, -0.2) is 60.4 Å². The van der Waals surface area contributed by atoms with Crippen LogP contribution in [-0.2, 0) is 0 Å². The first-order valence-electron chi connectivity index (χ1n) is 9.07. The zero-order chi connectivity index (χ0) is 19.9. The van der Waals surface area contributed by atoms with Gasteiger partial charge in [-0.05, 0) is 55.0 Å². The van der Waals surface area contributed by atoms with E-state index in [1.165, 1.54) is 4.88 Å². The lowest BCUT2D eigenvalue weighted by Gasteiger charge is -2.37. The number of hydrogen-bond donors (Lipinski definition) is 2. The average Bonchev–Trinajstić information content (AvgIpc) is 3.19. The molecule has 0 spiro atoms. The van der Waals surface area contributed by atoms with E-state index in [1.807, 2.05) is 0 Å². The van der Waals surface area contributed by atoms with Crippen LogP contribution < -0.4 is 10.6 Å². The molecule has 1 aliphatic heterocycles. The number of alkyl halides is 2. The third-order valence-electron chi connectivity index (χ3n) is 4.64. The minimum absolute atomic E-state index is 0.276. The van der Waals surface area contributed by atoms with E-state index in [0.29, 0.717) is 21.8 Å². The van der Waals surface area contributed by atoms with Gasteiger partial charge in [-0.25, -0.2) is 0 Å². The summed E-state index contributed by atoms with van der Waals surface area (Å²) in [6.07, 6.45) is 0. The summed E-state index contributed by atoms with van der Waals surface area (Å²) in [5.41, 5.74) is 0.781. The number of likely N-dealkylation sites (N-methyl/N-ethyl adjacent to an activating group) is 1. The number of benzene rings is 1. The lowest BCUT2D eigenvalue weighted by molar-refractivity contribution is 0.114. The molecule has 0 saturated carbocycles. The molecule has 0 amide bonds. The van der Waals surface area contributed by atoms with Crippen LogP contribution in [0.15, 0.2) is 46.7 Å². The van der Waals surface area contributed by atoms with Crippen LogP contribution in [0.5, 0.6) is 0 Å². The first kappa shape index (κ1) is 21.4. The molecule has 1 unspecified atom stereocenters. The summed E-state index contributed by atoms with van der Waals surface area (Å²) < 4.78 is 24.8. The second-order valence-corrected chi connectivity index (χ2v) is 9.06. The lowest BCUT2D eigenvalue weighted by Crippen LogP contribution is -2.48. The Morgan fingerprint density at radius 1 is 1.18 bits per heavy atom. The summed E-state index contributed by atoms with van der Waals surface area (Å²) in [6, 6.07) is 11.4. The van der Waals surface area contributed by atoms with Crippen molar-refractivity contribution < 1.29 is 8.78 Å². The first-order valence-corrected chi connectivity index (χ1v) is 11.2. The van der Waals surface area contributed by atoms with E-state index in [0.717, 1.165) is 38.4 Å². The number of anilines is 1. The maximum Gasteiger partial charge on any atom is 0.288 e. The fourth-order valence-corrected chi connectivity index (χ4v) is 4.67. The number of nitrogens with zero attached hydrogens (tertiary/aromatic N) is 2. The van der Waals surface area contributed by atoms with E-state index in [2.05, 4.69) is 45.0 Å². The Morgan fingerprint density at radius 2 is 1.89 bits per heavy atom. The Kier molecular flexibility index (Phi) is 8.04. The molecule has 0 bridgehead atoms. The third kappa shape index (κ3) is 6.38. The van der Waals surface area contributed by atoms with Gasteiger partial charge in [-0.3, -0.25) is 4.90 Å². The molecule has 2 aromatic rings. The molecule has 1 aliphatic rings. The second kappa shape index (κ2) is 10.5. The van der Waals surface area contributed by atoms with Crippen LogP contribution in [0.2, 0.25) is 0 Å². The molecule has 1 fully saturated rings. The molecule has 28 heavy (non-hydrogen) atoms. The van der Waals surface area contributed by atoms with Crippen molar-refractivity contribution in [3.05, 3.63) is 46.7 Å². The van der Waals surface area contributed by atoms with Gasteiger partial charge in [-0.15, -0.1) is 11.3 Å². The van der Waals surface area contributed by atoms with Crippen LogP contribution in [0, 0.1) is 0 Å².